The highest BCUT2D eigenvalue weighted by molar-refractivity contribution is 7.09. The molecule has 1 atom stereocenters. The average molecular weight is 302 g/mol. The third-order valence-electron chi connectivity index (χ3n) is 2.28. The molecular weight excluding hydrogens is 287 g/mol. The lowest BCUT2D eigenvalue weighted by Gasteiger charge is -2.14. The molecule has 0 saturated heterocycles. The van der Waals surface area contributed by atoms with Crippen molar-refractivity contribution < 1.29 is 17.9 Å². The van der Waals surface area contributed by atoms with E-state index in [0.717, 1.165) is 10.7 Å². The van der Waals surface area contributed by atoms with Crippen LogP contribution in [-0.4, -0.2) is 17.8 Å². The van der Waals surface area contributed by atoms with Gasteiger partial charge in [-0.3, -0.25) is 0 Å². The van der Waals surface area contributed by atoms with Crippen molar-refractivity contribution in [2.45, 2.75) is 44.3 Å². The van der Waals surface area contributed by atoms with E-state index in [9.17, 15) is 13.2 Å². The fourth-order valence-corrected chi connectivity index (χ4v) is 2.57. The predicted molar refractivity (Wildman–Crippen MR) is 65.9 cm³/mol. The molecule has 0 N–H and O–H groups in total. The minimum atomic E-state index is -4.11. The van der Waals surface area contributed by atoms with Crippen LogP contribution < -0.4 is 0 Å². The van der Waals surface area contributed by atoms with Gasteiger partial charge in [0.1, 0.15) is 11.1 Å². The second-order valence-corrected chi connectivity index (χ2v) is 4.95. The third-order valence-corrected chi connectivity index (χ3v) is 3.54. The van der Waals surface area contributed by atoms with Gasteiger partial charge in [-0.25, -0.2) is 4.98 Å². The van der Waals surface area contributed by atoms with Crippen LogP contribution in [0.25, 0.3) is 0 Å². The molecule has 1 aromatic rings. The summed E-state index contributed by atoms with van der Waals surface area (Å²) in [5.41, 5.74) is 0.772. The standard InChI is InChI=1S/C11H15ClF3NOS/c1-2-9(10-16-8(6-12)7-18-10)17-5-3-4-11(13,14)15/h7,9H,2-6H2,1H3. The first-order chi connectivity index (χ1) is 8.46. The Bertz CT molecular complexity index is 356. The molecule has 2 nitrogen and oxygen atoms in total. The Kier molecular flexibility index (Phi) is 6.38. The second kappa shape index (κ2) is 7.31. The van der Waals surface area contributed by atoms with Crippen LogP contribution >= 0.6 is 22.9 Å². The van der Waals surface area contributed by atoms with Crippen LogP contribution in [0.1, 0.15) is 43.0 Å². The van der Waals surface area contributed by atoms with Gasteiger partial charge >= 0.3 is 6.18 Å². The Morgan fingerprint density at radius 3 is 2.72 bits per heavy atom. The molecule has 0 aliphatic rings. The van der Waals surface area contributed by atoms with Crippen LogP contribution in [0.2, 0.25) is 0 Å². The zero-order valence-electron chi connectivity index (χ0n) is 9.97. The first-order valence-corrected chi connectivity index (χ1v) is 7.06. The van der Waals surface area contributed by atoms with Crippen molar-refractivity contribution >= 4 is 22.9 Å². The normalized spacial score (nSPS) is 13.8. The van der Waals surface area contributed by atoms with Crippen molar-refractivity contribution in [3.63, 3.8) is 0 Å². The third kappa shape index (κ3) is 5.54. The van der Waals surface area contributed by atoms with E-state index in [1.165, 1.54) is 11.3 Å². The quantitative estimate of drug-likeness (QED) is 0.538. The highest BCUT2D eigenvalue weighted by Gasteiger charge is 2.26. The first-order valence-electron chi connectivity index (χ1n) is 5.65. The van der Waals surface area contributed by atoms with E-state index in [2.05, 4.69) is 4.98 Å². The first kappa shape index (κ1) is 15.7. The molecule has 0 aliphatic heterocycles. The summed E-state index contributed by atoms with van der Waals surface area (Å²) in [6.45, 7) is 2.00. The van der Waals surface area contributed by atoms with E-state index in [-0.39, 0.29) is 19.1 Å². The summed E-state index contributed by atoms with van der Waals surface area (Å²) in [4.78, 5) is 4.27. The number of thiazole rings is 1. The number of ether oxygens (including phenoxy) is 1. The van der Waals surface area contributed by atoms with Crippen LogP contribution in [-0.2, 0) is 10.6 Å². The smallest absolute Gasteiger partial charge is 0.371 e. The van der Waals surface area contributed by atoms with E-state index >= 15 is 0 Å². The van der Waals surface area contributed by atoms with Gasteiger partial charge in [0.15, 0.2) is 0 Å². The van der Waals surface area contributed by atoms with Gasteiger partial charge in [-0.2, -0.15) is 13.2 Å². The minimum absolute atomic E-state index is 0.0201. The molecule has 0 fully saturated rings. The van der Waals surface area contributed by atoms with E-state index in [1.807, 2.05) is 12.3 Å². The highest BCUT2D eigenvalue weighted by atomic mass is 35.5. The minimum Gasteiger partial charge on any atom is -0.371 e. The van der Waals surface area contributed by atoms with Gasteiger partial charge < -0.3 is 4.74 Å². The summed E-state index contributed by atoms with van der Waals surface area (Å²) in [6, 6.07) is 0. The maximum Gasteiger partial charge on any atom is 0.389 e. The van der Waals surface area contributed by atoms with E-state index in [0.29, 0.717) is 12.3 Å². The Morgan fingerprint density at radius 2 is 2.22 bits per heavy atom. The molecule has 1 rings (SSSR count). The molecule has 0 saturated carbocycles. The molecule has 1 aromatic heterocycles. The van der Waals surface area contributed by atoms with E-state index in [4.69, 9.17) is 16.3 Å². The van der Waals surface area contributed by atoms with Crippen molar-refractivity contribution in [3.8, 4) is 0 Å². The molecule has 0 amide bonds. The molecule has 1 unspecified atom stereocenters. The second-order valence-electron chi connectivity index (χ2n) is 3.80. The van der Waals surface area contributed by atoms with Crippen LogP contribution in [0.4, 0.5) is 13.2 Å². The molecule has 0 aromatic carbocycles. The zero-order valence-corrected chi connectivity index (χ0v) is 11.5. The SMILES string of the molecule is CCC(OCCCC(F)(F)F)c1nc(CCl)cs1. The summed E-state index contributed by atoms with van der Waals surface area (Å²) in [7, 11) is 0. The molecule has 0 bridgehead atoms. The van der Waals surface area contributed by atoms with Gasteiger partial charge in [0.2, 0.25) is 0 Å². The molecule has 1 heterocycles. The number of rotatable bonds is 7. The summed E-state index contributed by atoms with van der Waals surface area (Å²) in [5, 5.41) is 2.62. The summed E-state index contributed by atoms with van der Waals surface area (Å²) < 4.78 is 41.3. The number of hydrogen-bond acceptors (Lipinski definition) is 3. The van der Waals surface area contributed by atoms with Crippen LogP contribution in [0.5, 0.6) is 0 Å². The Balaban J connectivity index is 2.38. The summed E-state index contributed by atoms with van der Waals surface area (Å²) >= 11 is 7.07. The van der Waals surface area contributed by atoms with Crippen molar-refractivity contribution in [1.29, 1.82) is 0 Å². The molecular formula is C11H15ClF3NOS. The van der Waals surface area contributed by atoms with Crippen molar-refractivity contribution in [2.24, 2.45) is 0 Å². The van der Waals surface area contributed by atoms with Gasteiger partial charge in [0, 0.05) is 18.4 Å². The number of nitrogens with zero attached hydrogens (tertiary/aromatic N) is 1. The zero-order chi connectivity index (χ0) is 13.6. The van der Waals surface area contributed by atoms with Gasteiger partial charge in [0.25, 0.3) is 0 Å². The molecule has 0 spiro atoms. The highest BCUT2D eigenvalue weighted by Crippen LogP contribution is 2.26. The fourth-order valence-electron chi connectivity index (χ4n) is 1.39. The lowest BCUT2D eigenvalue weighted by Crippen LogP contribution is -2.10. The van der Waals surface area contributed by atoms with Crippen molar-refractivity contribution in [1.82, 2.24) is 4.98 Å². The largest absolute Gasteiger partial charge is 0.389 e. The van der Waals surface area contributed by atoms with Crippen LogP contribution in [0.15, 0.2) is 5.38 Å². The lowest BCUT2D eigenvalue weighted by molar-refractivity contribution is -0.139. The van der Waals surface area contributed by atoms with E-state index in [1.54, 1.807) is 0 Å². The summed E-state index contributed by atoms with van der Waals surface area (Å²) in [5.74, 6) is 0.334. The van der Waals surface area contributed by atoms with E-state index < -0.39 is 12.6 Å². The fraction of sp³-hybridized carbons (Fsp3) is 0.727. The number of alkyl halides is 4. The van der Waals surface area contributed by atoms with Crippen molar-refractivity contribution in [3.05, 3.63) is 16.1 Å². The van der Waals surface area contributed by atoms with Gasteiger partial charge in [-0.1, -0.05) is 6.92 Å². The monoisotopic (exact) mass is 301 g/mol. The lowest BCUT2D eigenvalue weighted by atomic mass is 10.3. The predicted octanol–water partition coefficient (Wildman–Crippen LogP) is 4.69. The Morgan fingerprint density at radius 1 is 1.50 bits per heavy atom. The Hall–Kier alpha value is -0.330. The van der Waals surface area contributed by atoms with Crippen LogP contribution in [0, 0.1) is 0 Å². The average Bonchev–Trinajstić information content (AvgIpc) is 2.76. The molecule has 18 heavy (non-hydrogen) atoms. The topological polar surface area (TPSA) is 22.1 Å². The van der Waals surface area contributed by atoms with Gasteiger partial charge in [-0.05, 0) is 12.8 Å². The molecule has 104 valence electrons. The van der Waals surface area contributed by atoms with Crippen LogP contribution in [0.3, 0.4) is 0 Å². The van der Waals surface area contributed by atoms with Crippen molar-refractivity contribution in [2.75, 3.05) is 6.61 Å². The maximum absolute atomic E-state index is 12.0. The van der Waals surface area contributed by atoms with Gasteiger partial charge in [0.05, 0.1) is 11.6 Å². The Labute approximate surface area is 113 Å². The number of halogens is 4. The molecule has 7 heteroatoms. The molecule has 0 radical (unpaired) electrons. The molecule has 0 aliphatic carbocycles. The maximum atomic E-state index is 12.0. The van der Waals surface area contributed by atoms with Gasteiger partial charge in [-0.15, -0.1) is 22.9 Å². The number of hydrogen-bond donors (Lipinski definition) is 0. The summed E-state index contributed by atoms with van der Waals surface area (Å²) in [6.07, 6.45) is -4.50. The number of aromatic nitrogens is 1.